The van der Waals surface area contributed by atoms with Crippen molar-refractivity contribution >= 4 is 0 Å². The van der Waals surface area contributed by atoms with Gasteiger partial charge in [-0.1, -0.05) is 12.1 Å². The number of rotatable bonds is 4. The Morgan fingerprint density at radius 2 is 1.94 bits per heavy atom. The maximum absolute atomic E-state index is 13.0. The van der Waals surface area contributed by atoms with Gasteiger partial charge in [0, 0.05) is 30.4 Å². The Morgan fingerprint density at radius 3 is 2.71 bits per heavy atom. The van der Waals surface area contributed by atoms with E-state index in [1.165, 1.54) is 4.68 Å². The van der Waals surface area contributed by atoms with Crippen LogP contribution < -0.4 is 15.0 Å². The Morgan fingerprint density at radius 1 is 1.10 bits per heavy atom. The van der Waals surface area contributed by atoms with Gasteiger partial charge in [-0.3, -0.25) is 4.79 Å². The summed E-state index contributed by atoms with van der Waals surface area (Å²) in [5.74, 6) is 2.09. The molecule has 4 heterocycles. The lowest BCUT2D eigenvalue weighted by Gasteiger charge is -2.24. The van der Waals surface area contributed by atoms with Crippen molar-refractivity contribution in [2.24, 2.45) is 0 Å². The third-order valence-corrected chi connectivity index (χ3v) is 5.89. The number of benzene rings is 1. The molecule has 2 aromatic heterocycles. The third-order valence-electron chi connectivity index (χ3n) is 5.89. The van der Waals surface area contributed by atoms with E-state index in [-0.39, 0.29) is 11.8 Å². The molecule has 1 saturated heterocycles. The number of aromatic nitrogens is 3. The molecule has 3 aromatic rings. The molecule has 2 aliphatic rings. The van der Waals surface area contributed by atoms with Crippen LogP contribution in [0.4, 0.5) is 0 Å². The van der Waals surface area contributed by atoms with Crippen molar-refractivity contribution in [2.45, 2.75) is 45.8 Å². The Bertz CT molecular complexity index is 1160. The highest BCUT2D eigenvalue weighted by Crippen LogP contribution is 2.35. The molecular formula is C24H25N3O4. The third kappa shape index (κ3) is 3.70. The van der Waals surface area contributed by atoms with Crippen molar-refractivity contribution < 1.29 is 14.2 Å². The Labute approximate surface area is 180 Å². The van der Waals surface area contributed by atoms with Gasteiger partial charge in [-0.2, -0.15) is 5.10 Å². The number of fused-ring (bicyclic) bond motifs is 1. The van der Waals surface area contributed by atoms with E-state index in [4.69, 9.17) is 14.2 Å². The number of hydrogen-bond donors (Lipinski definition) is 0. The summed E-state index contributed by atoms with van der Waals surface area (Å²) in [6.45, 7) is 5.11. The molecule has 2 aliphatic heterocycles. The predicted octanol–water partition coefficient (Wildman–Crippen LogP) is 4.35. The van der Waals surface area contributed by atoms with Crippen LogP contribution in [0.5, 0.6) is 17.4 Å². The lowest BCUT2D eigenvalue weighted by Crippen LogP contribution is -2.33. The molecule has 0 N–H and O–H groups in total. The van der Waals surface area contributed by atoms with Crippen LogP contribution >= 0.6 is 0 Å². The molecule has 0 bridgehead atoms. The Kier molecular flexibility index (Phi) is 5.19. The van der Waals surface area contributed by atoms with Crippen LogP contribution in [0.2, 0.25) is 0 Å². The van der Waals surface area contributed by atoms with E-state index in [1.54, 1.807) is 6.20 Å². The molecule has 160 valence electrons. The fourth-order valence-corrected chi connectivity index (χ4v) is 4.32. The number of ether oxygens (including phenoxy) is 3. The first-order valence-corrected chi connectivity index (χ1v) is 10.7. The van der Waals surface area contributed by atoms with Crippen molar-refractivity contribution in [1.82, 2.24) is 14.8 Å². The van der Waals surface area contributed by atoms with Gasteiger partial charge in [-0.15, -0.1) is 0 Å². The van der Waals surface area contributed by atoms with Gasteiger partial charge in [0.1, 0.15) is 11.5 Å². The summed E-state index contributed by atoms with van der Waals surface area (Å²) < 4.78 is 18.9. The average Bonchev–Trinajstić information content (AvgIpc) is 3.28. The lowest BCUT2D eigenvalue weighted by atomic mass is 10.0. The molecule has 1 atom stereocenters. The normalized spacial score (nSPS) is 17.8. The number of aryl methyl sites for hydroxylation is 1. The van der Waals surface area contributed by atoms with Crippen molar-refractivity contribution in [2.75, 3.05) is 13.2 Å². The smallest absolute Gasteiger partial charge is 0.272 e. The molecule has 1 aromatic carbocycles. The second kappa shape index (κ2) is 8.15. The zero-order valence-electron chi connectivity index (χ0n) is 17.8. The van der Waals surface area contributed by atoms with Gasteiger partial charge in [0.25, 0.3) is 5.56 Å². The highest BCUT2D eigenvalue weighted by Gasteiger charge is 2.22. The highest BCUT2D eigenvalue weighted by atomic mass is 16.5. The van der Waals surface area contributed by atoms with Gasteiger partial charge in [0.05, 0.1) is 17.9 Å². The van der Waals surface area contributed by atoms with E-state index in [2.05, 4.69) is 10.1 Å². The molecule has 5 rings (SSSR count). The minimum atomic E-state index is -0.271. The van der Waals surface area contributed by atoms with Gasteiger partial charge >= 0.3 is 0 Å². The summed E-state index contributed by atoms with van der Waals surface area (Å²) in [5.41, 5.74) is 4.16. The van der Waals surface area contributed by atoms with Crippen LogP contribution in [0.1, 0.15) is 42.3 Å². The summed E-state index contributed by atoms with van der Waals surface area (Å²) >= 11 is 0. The maximum atomic E-state index is 13.0. The van der Waals surface area contributed by atoms with E-state index in [1.807, 2.05) is 44.2 Å². The monoisotopic (exact) mass is 419 g/mol. The predicted molar refractivity (Wildman–Crippen MR) is 116 cm³/mol. The fourth-order valence-electron chi connectivity index (χ4n) is 4.32. The summed E-state index contributed by atoms with van der Waals surface area (Å²) in [6, 6.07) is 9.54. The van der Waals surface area contributed by atoms with Crippen LogP contribution in [0.3, 0.4) is 0 Å². The maximum Gasteiger partial charge on any atom is 0.272 e. The zero-order valence-corrected chi connectivity index (χ0v) is 17.8. The summed E-state index contributed by atoms with van der Waals surface area (Å²) in [7, 11) is 0. The van der Waals surface area contributed by atoms with Gasteiger partial charge in [0.15, 0.2) is 6.23 Å². The number of nitrogens with zero attached hydrogens (tertiary/aromatic N) is 3. The molecule has 1 unspecified atom stereocenters. The van der Waals surface area contributed by atoms with Crippen LogP contribution in [0, 0.1) is 13.8 Å². The number of pyridine rings is 1. The Hall–Kier alpha value is -3.19. The summed E-state index contributed by atoms with van der Waals surface area (Å²) in [4.78, 5) is 17.4. The van der Waals surface area contributed by atoms with Crippen LogP contribution in [0.25, 0.3) is 11.1 Å². The second-order valence-corrected chi connectivity index (χ2v) is 7.97. The van der Waals surface area contributed by atoms with E-state index in [0.717, 1.165) is 53.8 Å². The highest BCUT2D eigenvalue weighted by molar-refractivity contribution is 5.69. The van der Waals surface area contributed by atoms with Crippen molar-refractivity contribution in [3.63, 3.8) is 0 Å². The van der Waals surface area contributed by atoms with Crippen LogP contribution in [-0.2, 0) is 11.2 Å². The van der Waals surface area contributed by atoms with Crippen LogP contribution in [-0.4, -0.2) is 28.0 Å². The molecule has 0 saturated carbocycles. The zero-order chi connectivity index (χ0) is 21.4. The molecule has 7 heteroatoms. The quantitative estimate of drug-likeness (QED) is 0.626. The number of hydrogen-bond acceptors (Lipinski definition) is 6. The van der Waals surface area contributed by atoms with Gasteiger partial charge in [0.2, 0.25) is 5.88 Å². The van der Waals surface area contributed by atoms with E-state index in [9.17, 15) is 4.79 Å². The van der Waals surface area contributed by atoms with Crippen molar-refractivity contribution in [3.8, 4) is 28.5 Å². The fraction of sp³-hybridized carbons (Fsp3) is 0.375. The SMILES string of the molecule is Cc1nn(C2CCCCO2)c(=O)c(C)c1-c1ccc(Oc2nccc3c2CCO3)cc1. The van der Waals surface area contributed by atoms with Gasteiger partial charge in [-0.25, -0.2) is 9.67 Å². The summed E-state index contributed by atoms with van der Waals surface area (Å²) in [5, 5.41) is 4.59. The van der Waals surface area contributed by atoms with Crippen molar-refractivity contribution in [3.05, 3.63) is 63.7 Å². The van der Waals surface area contributed by atoms with Gasteiger partial charge < -0.3 is 14.2 Å². The van der Waals surface area contributed by atoms with E-state index < -0.39 is 0 Å². The molecule has 31 heavy (non-hydrogen) atoms. The summed E-state index contributed by atoms with van der Waals surface area (Å²) in [6.07, 6.45) is 5.11. The molecule has 0 radical (unpaired) electrons. The first-order chi connectivity index (χ1) is 15.1. The average molecular weight is 419 g/mol. The first kappa shape index (κ1) is 19.8. The molecule has 0 amide bonds. The molecule has 7 nitrogen and oxygen atoms in total. The first-order valence-electron chi connectivity index (χ1n) is 10.7. The molecular weight excluding hydrogens is 394 g/mol. The van der Waals surface area contributed by atoms with Crippen LogP contribution in [0.15, 0.2) is 41.3 Å². The van der Waals surface area contributed by atoms with Gasteiger partial charge in [-0.05, 0) is 56.9 Å². The molecule has 1 fully saturated rings. The standard InChI is InChI=1S/C24H25N3O4/c1-15-22(16(2)26-27(24(15)28)21-5-3-4-13-30-21)17-6-8-18(9-7-17)31-23-19-11-14-29-20(19)10-12-25-23/h6-10,12,21H,3-5,11,13-14H2,1-2H3. The largest absolute Gasteiger partial charge is 0.493 e. The lowest BCUT2D eigenvalue weighted by molar-refractivity contribution is -0.0428. The second-order valence-electron chi connectivity index (χ2n) is 7.97. The van der Waals surface area contributed by atoms with E-state index in [0.29, 0.717) is 30.4 Å². The minimum Gasteiger partial charge on any atom is -0.493 e. The van der Waals surface area contributed by atoms with Crippen molar-refractivity contribution in [1.29, 1.82) is 0 Å². The van der Waals surface area contributed by atoms with E-state index >= 15 is 0 Å². The minimum absolute atomic E-state index is 0.100. The molecule has 0 spiro atoms. The Balaban J connectivity index is 1.43. The molecule has 0 aliphatic carbocycles. The topological polar surface area (TPSA) is 75.5 Å².